The van der Waals surface area contributed by atoms with Crippen LogP contribution in [-0.4, -0.2) is 9.55 Å². The Balaban J connectivity index is 1.83. The molecule has 5 rings (SSSR count). The Bertz CT molecular complexity index is 1060. The minimum absolute atomic E-state index is 0.0427. The minimum atomic E-state index is -0.0427. The topological polar surface area (TPSA) is 34.9 Å². The first-order valence-electron chi connectivity index (χ1n) is 9.95. The normalized spacial score (nSPS) is 17.4. The smallest absolute Gasteiger partial charge is 0.257 e. The predicted molar refractivity (Wildman–Crippen MR) is 109 cm³/mol. The molecule has 2 aliphatic carbocycles. The number of hydrogen-bond donors (Lipinski definition) is 0. The van der Waals surface area contributed by atoms with E-state index in [1.54, 1.807) is 4.57 Å². The zero-order chi connectivity index (χ0) is 18.4. The van der Waals surface area contributed by atoms with Crippen molar-refractivity contribution in [3.8, 4) is 22.6 Å². The molecule has 3 aromatic rings. The van der Waals surface area contributed by atoms with Gasteiger partial charge in [-0.15, -0.1) is 0 Å². The maximum Gasteiger partial charge on any atom is 0.257 e. The van der Waals surface area contributed by atoms with Gasteiger partial charge in [0.05, 0.1) is 11.3 Å². The number of aromatic nitrogens is 2. The maximum absolute atomic E-state index is 13.6. The van der Waals surface area contributed by atoms with Gasteiger partial charge in [-0.25, -0.2) is 4.98 Å². The lowest BCUT2D eigenvalue weighted by atomic mass is 9.62. The van der Waals surface area contributed by atoms with Crippen LogP contribution in [0, 0.1) is 0 Å². The van der Waals surface area contributed by atoms with Gasteiger partial charge in [0.1, 0.15) is 5.82 Å². The van der Waals surface area contributed by atoms with Crippen LogP contribution in [0.2, 0.25) is 0 Å². The highest BCUT2D eigenvalue weighted by Gasteiger charge is 2.43. The Labute approximate surface area is 159 Å². The van der Waals surface area contributed by atoms with Crippen LogP contribution in [0.1, 0.15) is 43.2 Å². The van der Waals surface area contributed by atoms with Crippen molar-refractivity contribution in [1.82, 2.24) is 9.55 Å². The first-order chi connectivity index (χ1) is 13.2. The van der Waals surface area contributed by atoms with Gasteiger partial charge in [0.15, 0.2) is 0 Å². The van der Waals surface area contributed by atoms with Crippen molar-refractivity contribution in [2.24, 2.45) is 7.05 Å². The third kappa shape index (κ3) is 2.48. The molecule has 2 aliphatic rings. The second-order valence-electron chi connectivity index (χ2n) is 8.06. The van der Waals surface area contributed by atoms with E-state index in [0.717, 1.165) is 47.5 Å². The summed E-state index contributed by atoms with van der Waals surface area (Å²) in [4.78, 5) is 18.7. The molecule has 136 valence electrons. The van der Waals surface area contributed by atoms with E-state index in [-0.39, 0.29) is 11.0 Å². The molecule has 0 atom stereocenters. The van der Waals surface area contributed by atoms with Gasteiger partial charge in [-0.1, -0.05) is 73.9 Å². The van der Waals surface area contributed by atoms with Crippen LogP contribution >= 0.6 is 0 Å². The molecular formula is C24H24N2O. The average molecular weight is 356 g/mol. The zero-order valence-corrected chi connectivity index (χ0v) is 15.7. The van der Waals surface area contributed by atoms with E-state index < -0.39 is 0 Å². The van der Waals surface area contributed by atoms with E-state index in [1.165, 1.54) is 24.8 Å². The summed E-state index contributed by atoms with van der Waals surface area (Å²) in [5.74, 6) is 0.752. The van der Waals surface area contributed by atoms with Crippen molar-refractivity contribution in [3.63, 3.8) is 0 Å². The van der Waals surface area contributed by atoms with Crippen molar-refractivity contribution in [2.75, 3.05) is 0 Å². The summed E-state index contributed by atoms with van der Waals surface area (Å²) in [6, 6.07) is 18.6. The fourth-order valence-electron chi connectivity index (χ4n) is 5.13. The summed E-state index contributed by atoms with van der Waals surface area (Å²) in [6.45, 7) is 0. The molecule has 1 saturated carbocycles. The molecule has 1 spiro atoms. The van der Waals surface area contributed by atoms with Gasteiger partial charge < -0.3 is 0 Å². The van der Waals surface area contributed by atoms with E-state index in [2.05, 4.69) is 24.3 Å². The monoisotopic (exact) mass is 356 g/mol. The van der Waals surface area contributed by atoms with Gasteiger partial charge in [0.25, 0.3) is 5.56 Å². The van der Waals surface area contributed by atoms with Crippen LogP contribution in [-0.2, 0) is 18.9 Å². The highest BCUT2D eigenvalue weighted by Crippen LogP contribution is 2.48. The van der Waals surface area contributed by atoms with Crippen molar-refractivity contribution < 1.29 is 0 Å². The van der Waals surface area contributed by atoms with Gasteiger partial charge in [-0.2, -0.15) is 0 Å². The molecule has 0 saturated heterocycles. The third-order valence-corrected chi connectivity index (χ3v) is 6.47. The second kappa shape index (κ2) is 6.19. The van der Waals surface area contributed by atoms with Crippen LogP contribution in [0.25, 0.3) is 22.6 Å². The first-order valence-corrected chi connectivity index (χ1v) is 9.95. The summed E-state index contributed by atoms with van der Waals surface area (Å²) in [5, 5.41) is 0. The highest BCUT2D eigenvalue weighted by molar-refractivity contribution is 5.73. The molecule has 1 heterocycles. The third-order valence-electron chi connectivity index (χ3n) is 6.47. The van der Waals surface area contributed by atoms with E-state index in [0.29, 0.717) is 0 Å². The van der Waals surface area contributed by atoms with Gasteiger partial charge in [0, 0.05) is 23.6 Å². The van der Waals surface area contributed by atoms with Gasteiger partial charge in [0.2, 0.25) is 0 Å². The Morgan fingerprint density at radius 3 is 2.41 bits per heavy atom. The lowest BCUT2D eigenvalue weighted by Crippen LogP contribution is -2.42. The maximum atomic E-state index is 13.6. The Morgan fingerprint density at radius 1 is 0.926 bits per heavy atom. The number of rotatable bonds is 1. The first kappa shape index (κ1) is 16.5. The van der Waals surface area contributed by atoms with E-state index in [9.17, 15) is 4.79 Å². The fraction of sp³-hybridized carbons (Fsp3) is 0.333. The lowest BCUT2D eigenvalue weighted by molar-refractivity contribution is 0.284. The Hall–Kier alpha value is -2.68. The van der Waals surface area contributed by atoms with Crippen LogP contribution in [0.15, 0.2) is 59.4 Å². The summed E-state index contributed by atoms with van der Waals surface area (Å²) >= 11 is 0. The van der Waals surface area contributed by atoms with Gasteiger partial charge >= 0.3 is 0 Å². The molecule has 2 aromatic carbocycles. The zero-order valence-electron chi connectivity index (χ0n) is 15.7. The fourth-order valence-corrected chi connectivity index (χ4v) is 5.13. The average Bonchev–Trinajstić information content (AvgIpc) is 2.71. The molecular weight excluding hydrogens is 332 g/mol. The van der Waals surface area contributed by atoms with Gasteiger partial charge in [-0.3, -0.25) is 9.36 Å². The number of hydrogen-bond acceptors (Lipinski definition) is 2. The molecule has 27 heavy (non-hydrogen) atoms. The van der Waals surface area contributed by atoms with Crippen molar-refractivity contribution in [1.29, 1.82) is 0 Å². The van der Waals surface area contributed by atoms with Crippen LogP contribution in [0.3, 0.4) is 0 Å². The van der Waals surface area contributed by atoms with Crippen molar-refractivity contribution in [3.05, 3.63) is 76.1 Å². The molecule has 3 heteroatoms. The molecule has 0 aliphatic heterocycles. The van der Waals surface area contributed by atoms with E-state index in [1.807, 2.05) is 37.4 Å². The van der Waals surface area contributed by atoms with Crippen LogP contribution in [0.4, 0.5) is 0 Å². The number of fused-ring (bicyclic) bond motifs is 4. The molecule has 0 radical (unpaired) electrons. The highest BCUT2D eigenvalue weighted by atomic mass is 16.1. The van der Waals surface area contributed by atoms with Crippen molar-refractivity contribution >= 4 is 0 Å². The van der Waals surface area contributed by atoms with Crippen LogP contribution < -0.4 is 5.56 Å². The van der Waals surface area contributed by atoms with Crippen LogP contribution in [0.5, 0.6) is 0 Å². The number of nitrogens with zero attached hydrogens (tertiary/aromatic N) is 2. The summed E-state index contributed by atoms with van der Waals surface area (Å²) in [6.07, 6.45) is 6.83. The minimum Gasteiger partial charge on any atom is -0.296 e. The van der Waals surface area contributed by atoms with Crippen molar-refractivity contribution in [2.45, 2.75) is 43.9 Å². The molecule has 3 nitrogen and oxygen atoms in total. The largest absolute Gasteiger partial charge is 0.296 e. The van der Waals surface area contributed by atoms with E-state index in [4.69, 9.17) is 4.98 Å². The Morgan fingerprint density at radius 2 is 1.63 bits per heavy atom. The Kier molecular flexibility index (Phi) is 3.78. The molecule has 1 aromatic heterocycles. The molecule has 0 N–H and O–H groups in total. The summed E-state index contributed by atoms with van der Waals surface area (Å²) in [5.41, 5.74) is 5.43. The van der Waals surface area contributed by atoms with E-state index >= 15 is 0 Å². The number of benzene rings is 2. The SMILES string of the molecule is Cn1c(-c2ccccc2)nc2c(c1=O)C1(CCCCC1)Cc1ccccc1-2. The van der Waals surface area contributed by atoms with Gasteiger partial charge in [-0.05, 0) is 24.8 Å². The second-order valence-corrected chi connectivity index (χ2v) is 8.06. The molecule has 0 amide bonds. The lowest BCUT2D eigenvalue weighted by Gasteiger charge is -2.42. The molecule has 0 bridgehead atoms. The summed E-state index contributed by atoms with van der Waals surface area (Å²) < 4.78 is 1.76. The molecule has 1 fully saturated rings. The quantitative estimate of drug-likeness (QED) is 0.623. The standard InChI is InChI=1S/C24H24N2O/c1-26-22(17-10-4-2-5-11-17)25-21-19-13-7-6-12-18(19)16-24(20(21)23(26)27)14-8-3-9-15-24/h2,4-7,10-13H,3,8-9,14-16H2,1H3. The predicted octanol–water partition coefficient (Wildman–Crippen LogP) is 4.87. The molecule has 0 unspecified atom stereocenters. The summed E-state index contributed by atoms with van der Waals surface area (Å²) in [7, 11) is 1.87.